The van der Waals surface area contributed by atoms with Crippen LogP contribution in [0.15, 0.2) is 5.16 Å². The number of hydrogen-bond donors (Lipinski definition) is 1. The van der Waals surface area contributed by atoms with Crippen molar-refractivity contribution in [2.24, 2.45) is 5.16 Å². The highest BCUT2D eigenvalue weighted by Crippen LogP contribution is 2.08. The Labute approximate surface area is 96.1 Å². The molecule has 5 heteroatoms. The number of ether oxygens (including phenoxy) is 1. The topological polar surface area (TPSA) is 62.1 Å². The van der Waals surface area contributed by atoms with E-state index >= 15 is 0 Å². The Morgan fingerprint density at radius 3 is 2.69 bits per heavy atom. The van der Waals surface area contributed by atoms with Crippen LogP contribution in [-0.2, 0) is 9.53 Å². The van der Waals surface area contributed by atoms with Gasteiger partial charge in [0, 0.05) is 32.5 Å². The molecule has 0 aromatic rings. The smallest absolute Gasteiger partial charge is 0.224 e. The lowest BCUT2D eigenvalue weighted by molar-refractivity contribution is -0.132. The van der Waals surface area contributed by atoms with E-state index in [0.717, 1.165) is 12.1 Å². The van der Waals surface area contributed by atoms with Crippen LogP contribution in [0, 0.1) is 0 Å². The first-order chi connectivity index (χ1) is 7.77. The van der Waals surface area contributed by atoms with Crippen LogP contribution in [-0.4, -0.2) is 48.0 Å². The van der Waals surface area contributed by atoms with Crippen LogP contribution in [0.4, 0.5) is 0 Å². The molecule has 1 aliphatic heterocycles. The second-order valence-corrected chi connectivity index (χ2v) is 3.91. The summed E-state index contributed by atoms with van der Waals surface area (Å²) in [7, 11) is 0. The van der Waals surface area contributed by atoms with Gasteiger partial charge in [0.1, 0.15) is 0 Å². The van der Waals surface area contributed by atoms with Crippen LogP contribution in [0.3, 0.4) is 0 Å². The minimum Gasteiger partial charge on any atom is -0.411 e. The predicted octanol–water partition coefficient (Wildman–Crippen LogP) is 1.26. The summed E-state index contributed by atoms with van der Waals surface area (Å²) in [6.45, 7) is 4.58. The minimum absolute atomic E-state index is 0.132. The molecule has 1 rings (SSSR count). The molecule has 0 unspecified atom stereocenters. The number of likely N-dealkylation sites (tertiary alicyclic amines) is 1. The molecule has 0 aromatic heterocycles. The zero-order chi connectivity index (χ0) is 11.8. The summed E-state index contributed by atoms with van der Waals surface area (Å²) in [5.41, 5.74) is 0.784. The van der Waals surface area contributed by atoms with Crippen molar-refractivity contribution in [1.29, 1.82) is 0 Å². The normalized spacial score (nSPS) is 16.3. The number of piperidine rings is 1. The molecule has 0 aliphatic carbocycles. The molecule has 0 spiro atoms. The molecular formula is C11H20N2O3. The van der Waals surface area contributed by atoms with Gasteiger partial charge < -0.3 is 14.8 Å². The third-order valence-electron chi connectivity index (χ3n) is 2.64. The average molecular weight is 228 g/mol. The maximum absolute atomic E-state index is 11.7. The third-order valence-corrected chi connectivity index (χ3v) is 2.64. The highest BCUT2D eigenvalue weighted by molar-refractivity contribution is 5.87. The number of carbonyl (C=O) groups excluding carboxylic acids is 1. The third kappa shape index (κ3) is 4.18. The lowest BCUT2D eigenvalue weighted by atomic mass is 10.1. The summed E-state index contributed by atoms with van der Waals surface area (Å²) in [4.78, 5) is 13.5. The van der Waals surface area contributed by atoms with Crippen LogP contribution in [0.2, 0.25) is 0 Å². The molecule has 0 radical (unpaired) electrons. The monoisotopic (exact) mass is 228 g/mol. The van der Waals surface area contributed by atoms with E-state index in [1.165, 1.54) is 0 Å². The van der Waals surface area contributed by atoms with Gasteiger partial charge >= 0.3 is 0 Å². The van der Waals surface area contributed by atoms with Gasteiger partial charge in [-0.15, -0.1) is 0 Å². The summed E-state index contributed by atoms with van der Waals surface area (Å²) in [5, 5.41) is 11.8. The Kier molecular flexibility index (Phi) is 5.85. The molecular weight excluding hydrogens is 208 g/mol. The molecule has 1 fully saturated rings. The molecule has 1 heterocycles. The van der Waals surface area contributed by atoms with Gasteiger partial charge in [-0.3, -0.25) is 4.79 Å². The van der Waals surface area contributed by atoms with E-state index in [1.54, 1.807) is 0 Å². The first kappa shape index (κ1) is 13.0. The molecule has 1 saturated heterocycles. The largest absolute Gasteiger partial charge is 0.411 e. The van der Waals surface area contributed by atoms with Crippen LogP contribution in [0.5, 0.6) is 0 Å². The summed E-state index contributed by atoms with van der Waals surface area (Å²) >= 11 is 0. The van der Waals surface area contributed by atoms with Crippen molar-refractivity contribution >= 4 is 11.6 Å². The van der Waals surface area contributed by atoms with Gasteiger partial charge in [0.25, 0.3) is 0 Å². The maximum atomic E-state index is 11.7. The summed E-state index contributed by atoms with van der Waals surface area (Å²) in [6, 6.07) is 0. The molecule has 1 aliphatic rings. The summed E-state index contributed by atoms with van der Waals surface area (Å²) in [6.07, 6.45) is 2.79. The number of hydrogen-bond acceptors (Lipinski definition) is 4. The molecule has 1 amide bonds. The van der Waals surface area contributed by atoms with Crippen molar-refractivity contribution in [3.05, 3.63) is 0 Å². The number of nitrogens with zero attached hydrogens (tertiary/aromatic N) is 2. The summed E-state index contributed by atoms with van der Waals surface area (Å²) in [5.74, 6) is 0.132. The maximum Gasteiger partial charge on any atom is 0.224 e. The van der Waals surface area contributed by atoms with E-state index < -0.39 is 0 Å². The molecule has 1 N–H and O–H groups in total. The lowest BCUT2D eigenvalue weighted by Gasteiger charge is -2.27. The Hall–Kier alpha value is -1.10. The van der Waals surface area contributed by atoms with Gasteiger partial charge in [0.15, 0.2) is 0 Å². The highest BCUT2D eigenvalue weighted by atomic mass is 16.5. The van der Waals surface area contributed by atoms with E-state index in [9.17, 15) is 4.79 Å². The SMILES string of the molecule is CCCOCCC(=O)N1CCC(=NO)CC1. The van der Waals surface area contributed by atoms with Crippen molar-refractivity contribution < 1.29 is 14.7 Å². The Morgan fingerprint density at radius 2 is 2.12 bits per heavy atom. The van der Waals surface area contributed by atoms with Gasteiger partial charge in [-0.2, -0.15) is 0 Å². The van der Waals surface area contributed by atoms with Crippen LogP contribution >= 0.6 is 0 Å². The van der Waals surface area contributed by atoms with Gasteiger partial charge in [0.05, 0.1) is 18.7 Å². The van der Waals surface area contributed by atoms with Crippen molar-refractivity contribution in [3.8, 4) is 0 Å². The van der Waals surface area contributed by atoms with Gasteiger partial charge in [-0.05, 0) is 6.42 Å². The highest BCUT2D eigenvalue weighted by Gasteiger charge is 2.19. The Balaban J connectivity index is 2.18. The van der Waals surface area contributed by atoms with E-state index in [1.807, 2.05) is 11.8 Å². The fourth-order valence-electron chi connectivity index (χ4n) is 1.68. The van der Waals surface area contributed by atoms with E-state index in [0.29, 0.717) is 45.6 Å². The molecule has 5 nitrogen and oxygen atoms in total. The molecule has 0 atom stereocenters. The van der Waals surface area contributed by atoms with Gasteiger partial charge in [-0.25, -0.2) is 0 Å². The Morgan fingerprint density at radius 1 is 1.44 bits per heavy atom. The van der Waals surface area contributed by atoms with Gasteiger partial charge in [-0.1, -0.05) is 12.1 Å². The first-order valence-corrected chi connectivity index (χ1v) is 5.83. The van der Waals surface area contributed by atoms with E-state index in [-0.39, 0.29) is 5.91 Å². The van der Waals surface area contributed by atoms with Crippen LogP contribution in [0.25, 0.3) is 0 Å². The van der Waals surface area contributed by atoms with E-state index in [2.05, 4.69) is 5.16 Å². The number of rotatable bonds is 5. The fourth-order valence-corrected chi connectivity index (χ4v) is 1.68. The van der Waals surface area contributed by atoms with Crippen molar-refractivity contribution in [1.82, 2.24) is 4.90 Å². The van der Waals surface area contributed by atoms with Crippen molar-refractivity contribution in [2.75, 3.05) is 26.3 Å². The minimum atomic E-state index is 0.132. The predicted molar refractivity (Wildman–Crippen MR) is 60.8 cm³/mol. The molecule has 0 saturated carbocycles. The van der Waals surface area contributed by atoms with Gasteiger partial charge in [0.2, 0.25) is 5.91 Å². The fraction of sp³-hybridized carbons (Fsp3) is 0.818. The van der Waals surface area contributed by atoms with E-state index in [4.69, 9.17) is 9.94 Å². The number of amides is 1. The number of oxime groups is 1. The lowest BCUT2D eigenvalue weighted by Crippen LogP contribution is -2.39. The molecule has 92 valence electrons. The second-order valence-electron chi connectivity index (χ2n) is 3.91. The summed E-state index contributed by atoms with van der Waals surface area (Å²) < 4.78 is 5.28. The number of carbonyl (C=O) groups is 1. The quantitative estimate of drug-likeness (QED) is 0.437. The zero-order valence-electron chi connectivity index (χ0n) is 9.81. The molecule has 16 heavy (non-hydrogen) atoms. The van der Waals surface area contributed by atoms with Crippen molar-refractivity contribution in [2.45, 2.75) is 32.6 Å². The van der Waals surface area contributed by atoms with Crippen LogP contribution in [0.1, 0.15) is 32.6 Å². The Bertz CT molecular complexity index is 244. The van der Waals surface area contributed by atoms with Crippen LogP contribution < -0.4 is 0 Å². The molecule has 0 aromatic carbocycles. The van der Waals surface area contributed by atoms with Crippen molar-refractivity contribution in [3.63, 3.8) is 0 Å². The average Bonchev–Trinajstić information content (AvgIpc) is 2.34. The zero-order valence-corrected chi connectivity index (χ0v) is 9.81. The standard InChI is InChI=1S/C11H20N2O3/c1-2-8-16-9-5-11(14)13-6-3-10(12-15)4-7-13/h15H,2-9H2,1H3. The first-order valence-electron chi connectivity index (χ1n) is 5.83. The molecule has 0 bridgehead atoms. The second kappa shape index (κ2) is 7.22.